The standard InChI is InChI=1S/C15H22N6/c1-9(2)12-8-14(21-15(16)20-12)17-6-5-13-18-10(3)7-11(4)19-13/h7-9H,5-6H2,1-4H3,(H3,16,17,20,21). The van der Waals surface area contributed by atoms with Gasteiger partial charge >= 0.3 is 0 Å². The average molecular weight is 286 g/mol. The van der Waals surface area contributed by atoms with Gasteiger partial charge in [-0.3, -0.25) is 0 Å². The lowest BCUT2D eigenvalue weighted by atomic mass is 10.1. The van der Waals surface area contributed by atoms with Crippen molar-refractivity contribution in [3.05, 3.63) is 35.0 Å². The molecule has 0 aliphatic heterocycles. The molecule has 6 nitrogen and oxygen atoms in total. The van der Waals surface area contributed by atoms with Crippen LogP contribution in [-0.2, 0) is 6.42 Å². The number of hydrogen-bond donors (Lipinski definition) is 2. The van der Waals surface area contributed by atoms with Gasteiger partial charge in [0.2, 0.25) is 5.95 Å². The SMILES string of the molecule is Cc1cc(C)nc(CCNc2cc(C(C)C)nc(N)n2)n1. The summed E-state index contributed by atoms with van der Waals surface area (Å²) >= 11 is 0. The minimum absolute atomic E-state index is 0.298. The smallest absolute Gasteiger partial charge is 0.222 e. The Balaban J connectivity index is 2.00. The molecule has 21 heavy (non-hydrogen) atoms. The molecule has 0 fully saturated rings. The molecule has 0 spiro atoms. The summed E-state index contributed by atoms with van der Waals surface area (Å²) in [4.78, 5) is 17.3. The highest BCUT2D eigenvalue weighted by molar-refractivity contribution is 5.41. The number of nitrogens with zero attached hydrogens (tertiary/aromatic N) is 4. The van der Waals surface area contributed by atoms with Gasteiger partial charge < -0.3 is 11.1 Å². The Labute approximate surface area is 125 Å². The normalized spacial score (nSPS) is 10.9. The van der Waals surface area contributed by atoms with Gasteiger partial charge in [0, 0.05) is 30.4 Å². The molecule has 0 aliphatic rings. The monoisotopic (exact) mass is 286 g/mol. The van der Waals surface area contributed by atoms with Crippen LogP contribution in [0.25, 0.3) is 0 Å². The van der Waals surface area contributed by atoms with E-state index in [9.17, 15) is 0 Å². The van der Waals surface area contributed by atoms with Crippen LogP contribution in [0.1, 0.15) is 42.7 Å². The van der Waals surface area contributed by atoms with Crippen molar-refractivity contribution >= 4 is 11.8 Å². The fourth-order valence-electron chi connectivity index (χ4n) is 2.08. The van der Waals surface area contributed by atoms with Gasteiger partial charge in [0.25, 0.3) is 0 Å². The highest BCUT2D eigenvalue weighted by Gasteiger charge is 2.06. The number of nitrogen functional groups attached to an aromatic ring is 1. The Morgan fingerprint density at radius 3 is 2.33 bits per heavy atom. The number of rotatable bonds is 5. The van der Waals surface area contributed by atoms with Crippen molar-refractivity contribution in [2.45, 2.75) is 40.0 Å². The van der Waals surface area contributed by atoms with Gasteiger partial charge in [-0.1, -0.05) is 13.8 Å². The van der Waals surface area contributed by atoms with Crippen molar-refractivity contribution in [3.8, 4) is 0 Å². The van der Waals surface area contributed by atoms with E-state index in [2.05, 4.69) is 39.1 Å². The fourth-order valence-corrected chi connectivity index (χ4v) is 2.08. The molecule has 0 radical (unpaired) electrons. The Bertz CT molecular complexity index is 603. The zero-order valence-corrected chi connectivity index (χ0v) is 13.0. The molecule has 2 aromatic heterocycles. The first kappa shape index (κ1) is 15.2. The predicted octanol–water partition coefficient (Wildman–Crippen LogP) is 2.24. The quantitative estimate of drug-likeness (QED) is 0.876. The molecule has 2 aromatic rings. The summed E-state index contributed by atoms with van der Waals surface area (Å²) in [5.74, 6) is 2.20. The van der Waals surface area contributed by atoms with Crippen LogP contribution in [0.3, 0.4) is 0 Å². The minimum Gasteiger partial charge on any atom is -0.369 e. The summed E-state index contributed by atoms with van der Waals surface area (Å²) in [7, 11) is 0. The highest BCUT2D eigenvalue weighted by atomic mass is 15.1. The summed E-state index contributed by atoms with van der Waals surface area (Å²) in [5.41, 5.74) is 8.65. The average Bonchev–Trinajstić information content (AvgIpc) is 2.36. The third-order valence-electron chi connectivity index (χ3n) is 3.04. The van der Waals surface area contributed by atoms with Crippen LogP contribution >= 0.6 is 0 Å². The van der Waals surface area contributed by atoms with Gasteiger partial charge in [-0.25, -0.2) is 15.0 Å². The van der Waals surface area contributed by atoms with Crippen molar-refractivity contribution in [1.29, 1.82) is 0 Å². The second-order valence-electron chi connectivity index (χ2n) is 5.43. The zero-order valence-electron chi connectivity index (χ0n) is 13.0. The zero-order chi connectivity index (χ0) is 15.4. The number of aryl methyl sites for hydroxylation is 2. The lowest BCUT2D eigenvalue weighted by Gasteiger charge is -2.10. The van der Waals surface area contributed by atoms with Crippen molar-refractivity contribution in [1.82, 2.24) is 19.9 Å². The molecule has 0 unspecified atom stereocenters. The molecular formula is C15H22N6. The van der Waals surface area contributed by atoms with E-state index in [1.807, 2.05) is 26.0 Å². The molecule has 0 saturated carbocycles. The van der Waals surface area contributed by atoms with E-state index in [-0.39, 0.29) is 0 Å². The van der Waals surface area contributed by atoms with Crippen molar-refractivity contribution in [2.75, 3.05) is 17.6 Å². The van der Waals surface area contributed by atoms with Crippen LogP contribution in [0.2, 0.25) is 0 Å². The lowest BCUT2D eigenvalue weighted by molar-refractivity contribution is 0.815. The molecular weight excluding hydrogens is 264 g/mol. The lowest BCUT2D eigenvalue weighted by Crippen LogP contribution is -2.11. The van der Waals surface area contributed by atoms with Crippen molar-refractivity contribution < 1.29 is 0 Å². The summed E-state index contributed by atoms with van der Waals surface area (Å²) in [5, 5.41) is 3.26. The Morgan fingerprint density at radius 1 is 1.05 bits per heavy atom. The first-order valence-electron chi connectivity index (χ1n) is 7.13. The molecule has 0 atom stereocenters. The van der Waals surface area contributed by atoms with Crippen LogP contribution in [0.5, 0.6) is 0 Å². The van der Waals surface area contributed by atoms with Gasteiger partial charge in [-0.15, -0.1) is 0 Å². The molecule has 0 aromatic carbocycles. The van der Waals surface area contributed by atoms with Crippen LogP contribution in [0.15, 0.2) is 12.1 Å². The summed E-state index contributed by atoms with van der Waals surface area (Å²) in [6, 6.07) is 3.90. The maximum absolute atomic E-state index is 5.73. The van der Waals surface area contributed by atoms with E-state index in [1.54, 1.807) is 0 Å². The number of hydrogen-bond acceptors (Lipinski definition) is 6. The second kappa shape index (κ2) is 6.47. The summed E-state index contributed by atoms with van der Waals surface area (Å²) < 4.78 is 0. The van der Waals surface area contributed by atoms with E-state index < -0.39 is 0 Å². The van der Waals surface area contributed by atoms with Gasteiger partial charge in [0.05, 0.1) is 5.69 Å². The predicted molar refractivity (Wildman–Crippen MR) is 84.2 cm³/mol. The highest BCUT2D eigenvalue weighted by Crippen LogP contribution is 2.16. The maximum Gasteiger partial charge on any atom is 0.222 e. The van der Waals surface area contributed by atoms with Crippen LogP contribution in [-0.4, -0.2) is 26.5 Å². The van der Waals surface area contributed by atoms with Gasteiger partial charge in [0.1, 0.15) is 11.6 Å². The molecule has 0 amide bonds. The topological polar surface area (TPSA) is 89.6 Å². The number of anilines is 2. The van der Waals surface area contributed by atoms with E-state index in [1.165, 1.54) is 0 Å². The molecule has 2 rings (SSSR count). The van der Waals surface area contributed by atoms with E-state index in [0.717, 1.165) is 35.1 Å². The molecule has 6 heteroatoms. The molecule has 0 aliphatic carbocycles. The van der Waals surface area contributed by atoms with Crippen molar-refractivity contribution in [2.24, 2.45) is 0 Å². The number of nitrogens with one attached hydrogen (secondary N) is 1. The third kappa shape index (κ3) is 4.37. The van der Waals surface area contributed by atoms with E-state index >= 15 is 0 Å². The molecule has 3 N–H and O–H groups in total. The summed E-state index contributed by atoms with van der Waals surface area (Å²) in [6.07, 6.45) is 0.740. The fraction of sp³-hybridized carbons (Fsp3) is 0.467. The minimum atomic E-state index is 0.298. The largest absolute Gasteiger partial charge is 0.369 e. The second-order valence-corrected chi connectivity index (χ2v) is 5.43. The number of aromatic nitrogens is 4. The van der Waals surface area contributed by atoms with Crippen LogP contribution in [0.4, 0.5) is 11.8 Å². The van der Waals surface area contributed by atoms with E-state index in [0.29, 0.717) is 18.4 Å². The van der Waals surface area contributed by atoms with Gasteiger partial charge in [-0.05, 0) is 25.8 Å². The van der Waals surface area contributed by atoms with E-state index in [4.69, 9.17) is 5.73 Å². The van der Waals surface area contributed by atoms with Gasteiger partial charge in [0.15, 0.2) is 0 Å². The van der Waals surface area contributed by atoms with Crippen molar-refractivity contribution in [3.63, 3.8) is 0 Å². The summed E-state index contributed by atoms with van der Waals surface area (Å²) in [6.45, 7) is 8.82. The molecule has 0 bridgehead atoms. The maximum atomic E-state index is 5.73. The third-order valence-corrected chi connectivity index (χ3v) is 3.04. The Kier molecular flexibility index (Phi) is 4.67. The Hall–Kier alpha value is -2.24. The van der Waals surface area contributed by atoms with Gasteiger partial charge in [-0.2, -0.15) is 4.98 Å². The first-order valence-corrected chi connectivity index (χ1v) is 7.13. The molecule has 112 valence electrons. The molecule has 0 saturated heterocycles. The number of nitrogens with two attached hydrogens (primary N) is 1. The first-order chi connectivity index (χ1) is 9.94. The van der Waals surface area contributed by atoms with Crippen LogP contribution in [0, 0.1) is 13.8 Å². The Morgan fingerprint density at radius 2 is 1.71 bits per heavy atom. The molecule has 2 heterocycles. The van der Waals surface area contributed by atoms with Crippen LogP contribution < -0.4 is 11.1 Å².